The van der Waals surface area contributed by atoms with Crippen LogP contribution in [0.4, 0.5) is 0 Å². The first-order valence-corrected chi connectivity index (χ1v) is 10.7. The molecule has 4 rings (SSSR count). The Morgan fingerprint density at radius 1 is 0.964 bits per heavy atom. The van der Waals surface area contributed by atoms with Crippen LogP contribution in [0.15, 0.2) is 36.4 Å². The van der Waals surface area contributed by atoms with Gasteiger partial charge in [-0.1, -0.05) is 24.3 Å². The lowest BCUT2D eigenvalue weighted by molar-refractivity contribution is -0.137. The molecule has 0 saturated carbocycles. The third kappa shape index (κ3) is 4.23. The summed E-state index contributed by atoms with van der Waals surface area (Å²) in [5.74, 6) is 1.49. The maximum atomic E-state index is 12.8. The van der Waals surface area contributed by atoms with Gasteiger partial charge >= 0.3 is 0 Å². The lowest BCUT2D eigenvalue weighted by Gasteiger charge is -2.34. The van der Waals surface area contributed by atoms with Crippen LogP contribution in [0.25, 0.3) is 0 Å². The van der Waals surface area contributed by atoms with Crippen molar-refractivity contribution < 1.29 is 14.3 Å². The predicted octanol–water partition coefficient (Wildman–Crippen LogP) is 3.51. The predicted molar refractivity (Wildman–Crippen MR) is 108 cm³/mol. The fraction of sp³-hybridized carbons (Fsp3) is 0.565. The Kier molecular flexibility index (Phi) is 5.98. The number of benzene rings is 1. The Morgan fingerprint density at radius 2 is 1.68 bits per heavy atom. The maximum Gasteiger partial charge on any atom is 0.257 e. The molecule has 2 amide bonds. The first-order valence-electron chi connectivity index (χ1n) is 10.7. The highest BCUT2D eigenvalue weighted by Gasteiger charge is 2.30. The fourth-order valence-electron chi connectivity index (χ4n) is 4.55. The number of hydrogen-bond donors (Lipinski definition) is 0. The lowest BCUT2D eigenvalue weighted by Crippen LogP contribution is -2.44. The second-order valence-electron chi connectivity index (χ2n) is 8.24. The van der Waals surface area contributed by atoms with E-state index in [0.717, 1.165) is 64.7 Å². The molecule has 2 saturated heterocycles. The summed E-state index contributed by atoms with van der Waals surface area (Å²) in [6.45, 7) is 3.84. The summed E-state index contributed by atoms with van der Waals surface area (Å²) in [5, 5.41) is 0. The molecule has 0 N–H and O–H groups in total. The average Bonchev–Trinajstić information content (AvgIpc) is 3.46. The third-order valence-electron chi connectivity index (χ3n) is 6.17. The summed E-state index contributed by atoms with van der Waals surface area (Å²) in [7, 11) is 0. The van der Waals surface area contributed by atoms with E-state index in [-0.39, 0.29) is 11.8 Å². The van der Waals surface area contributed by atoms with Crippen LogP contribution >= 0.6 is 0 Å². The largest absolute Gasteiger partial charge is 0.492 e. The first kappa shape index (κ1) is 19.0. The van der Waals surface area contributed by atoms with Gasteiger partial charge in [-0.3, -0.25) is 9.59 Å². The number of carbonyl (C=O) groups is 2. The van der Waals surface area contributed by atoms with Gasteiger partial charge in [0.15, 0.2) is 0 Å². The topological polar surface area (TPSA) is 49.9 Å². The van der Waals surface area contributed by atoms with Crippen LogP contribution in [0.3, 0.4) is 0 Å². The number of carbonyl (C=O) groups excluding carboxylic acids is 2. The van der Waals surface area contributed by atoms with E-state index in [4.69, 9.17) is 4.74 Å². The Morgan fingerprint density at radius 3 is 2.46 bits per heavy atom. The summed E-state index contributed by atoms with van der Waals surface area (Å²) >= 11 is 0. The van der Waals surface area contributed by atoms with Crippen molar-refractivity contribution in [2.24, 2.45) is 11.8 Å². The van der Waals surface area contributed by atoms with Gasteiger partial charge in [-0.25, -0.2) is 0 Å². The van der Waals surface area contributed by atoms with Gasteiger partial charge in [0.25, 0.3) is 5.91 Å². The highest BCUT2D eigenvalue weighted by Crippen LogP contribution is 2.26. The number of para-hydroxylation sites is 1. The Labute approximate surface area is 167 Å². The molecule has 2 aliphatic heterocycles. The van der Waals surface area contributed by atoms with Gasteiger partial charge in [0, 0.05) is 38.0 Å². The van der Waals surface area contributed by atoms with Gasteiger partial charge in [-0.15, -0.1) is 0 Å². The zero-order valence-electron chi connectivity index (χ0n) is 16.5. The molecular weight excluding hydrogens is 352 g/mol. The number of amides is 2. The van der Waals surface area contributed by atoms with E-state index >= 15 is 0 Å². The van der Waals surface area contributed by atoms with Crippen molar-refractivity contribution in [3.8, 4) is 5.75 Å². The zero-order valence-corrected chi connectivity index (χ0v) is 16.5. The van der Waals surface area contributed by atoms with Crippen molar-refractivity contribution in [2.75, 3.05) is 32.8 Å². The third-order valence-corrected chi connectivity index (χ3v) is 6.17. The summed E-state index contributed by atoms with van der Waals surface area (Å²) in [5.41, 5.74) is 0.658. The van der Waals surface area contributed by atoms with Crippen molar-refractivity contribution in [2.45, 2.75) is 38.5 Å². The molecule has 0 bridgehead atoms. The average molecular weight is 383 g/mol. The van der Waals surface area contributed by atoms with Gasteiger partial charge in [0.05, 0.1) is 12.2 Å². The van der Waals surface area contributed by atoms with Crippen LogP contribution in [-0.4, -0.2) is 54.4 Å². The highest BCUT2D eigenvalue weighted by molar-refractivity contribution is 5.97. The molecule has 0 radical (unpaired) electrons. The normalized spacial score (nSPS) is 22.6. The SMILES string of the molecule is O=C(c1ccccc1OCC1CCCN(C(=O)C2CC=CC2)C1)N1CCCC1. The van der Waals surface area contributed by atoms with Crippen molar-refractivity contribution in [1.82, 2.24) is 9.80 Å². The minimum atomic E-state index is 0.0716. The van der Waals surface area contributed by atoms with Gasteiger partial charge < -0.3 is 14.5 Å². The van der Waals surface area contributed by atoms with E-state index < -0.39 is 0 Å². The van der Waals surface area contributed by atoms with Gasteiger partial charge in [-0.2, -0.15) is 0 Å². The Hall–Kier alpha value is -2.30. The molecule has 0 aromatic heterocycles. The van der Waals surface area contributed by atoms with E-state index in [1.807, 2.05) is 34.1 Å². The van der Waals surface area contributed by atoms with Crippen LogP contribution in [-0.2, 0) is 4.79 Å². The molecule has 0 spiro atoms. The van der Waals surface area contributed by atoms with Crippen molar-refractivity contribution >= 4 is 11.8 Å². The standard InChI is InChI=1S/C23H30N2O3/c26-22(19-9-1-2-10-19)25-15-7-8-18(16-25)17-28-21-12-4-3-11-20(21)23(27)24-13-5-6-14-24/h1-4,11-12,18-19H,5-10,13-17H2. The smallest absolute Gasteiger partial charge is 0.257 e. The van der Waals surface area contributed by atoms with Gasteiger partial charge in [0.1, 0.15) is 5.75 Å². The number of piperidine rings is 1. The molecule has 3 aliphatic rings. The fourth-order valence-corrected chi connectivity index (χ4v) is 4.55. The van der Waals surface area contributed by atoms with E-state index in [1.54, 1.807) is 0 Å². The number of likely N-dealkylation sites (tertiary alicyclic amines) is 2. The van der Waals surface area contributed by atoms with E-state index in [9.17, 15) is 9.59 Å². The molecule has 2 fully saturated rings. The molecule has 1 atom stereocenters. The zero-order chi connectivity index (χ0) is 19.3. The Bertz CT molecular complexity index is 731. The van der Waals surface area contributed by atoms with Crippen LogP contribution in [0.2, 0.25) is 0 Å². The van der Waals surface area contributed by atoms with E-state index in [2.05, 4.69) is 12.2 Å². The van der Waals surface area contributed by atoms with Crippen LogP contribution < -0.4 is 4.74 Å². The minimum absolute atomic E-state index is 0.0716. The van der Waals surface area contributed by atoms with Crippen molar-refractivity contribution in [3.05, 3.63) is 42.0 Å². The lowest BCUT2D eigenvalue weighted by atomic mass is 9.96. The molecular formula is C23H30N2O3. The number of rotatable bonds is 5. The second-order valence-corrected chi connectivity index (χ2v) is 8.24. The van der Waals surface area contributed by atoms with Gasteiger partial charge in [-0.05, 0) is 50.7 Å². The van der Waals surface area contributed by atoms with Crippen molar-refractivity contribution in [3.63, 3.8) is 0 Å². The van der Waals surface area contributed by atoms with E-state index in [1.165, 1.54) is 0 Å². The quantitative estimate of drug-likeness (QED) is 0.733. The Balaban J connectivity index is 1.35. The number of allylic oxidation sites excluding steroid dienone is 2. The molecule has 1 aromatic rings. The molecule has 5 nitrogen and oxygen atoms in total. The minimum Gasteiger partial charge on any atom is -0.492 e. The summed E-state index contributed by atoms with van der Waals surface area (Å²) in [6, 6.07) is 7.56. The molecule has 1 unspecified atom stereocenters. The number of nitrogens with zero attached hydrogens (tertiary/aromatic N) is 2. The summed E-state index contributed by atoms with van der Waals surface area (Å²) in [4.78, 5) is 29.4. The second kappa shape index (κ2) is 8.80. The molecule has 1 aromatic carbocycles. The molecule has 150 valence electrons. The van der Waals surface area contributed by atoms with Crippen LogP contribution in [0.5, 0.6) is 5.75 Å². The summed E-state index contributed by atoms with van der Waals surface area (Å²) < 4.78 is 6.11. The first-order chi connectivity index (χ1) is 13.7. The van der Waals surface area contributed by atoms with E-state index in [0.29, 0.717) is 29.7 Å². The number of hydrogen-bond acceptors (Lipinski definition) is 3. The van der Waals surface area contributed by atoms with Crippen LogP contribution in [0, 0.1) is 11.8 Å². The van der Waals surface area contributed by atoms with Crippen LogP contribution in [0.1, 0.15) is 48.9 Å². The molecule has 2 heterocycles. The maximum absolute atomic E-state index is 12.8. The monoisotopic (exact) mass is 382 g/mol. The number of ether oxygens (including phenoxy) is 1. The van der Waals surface area contributed by atoms with Crippen molar-refractivity contribution in [1.29, 1.82) is 0 Å². The molecule has 5 heteroatoms. The molecule has 28 heavy (non-hydrogen) atoms. The highest BCUT2D eigenvalue weighted by atomic mass is 16.5. The summed E-state index contributed by atoms with van der Waals surface area (Å²) in [6.07, 6.45) is 10.2. The molecule has 1 aliphatic carbocycles. The van der Waals surface area contributed by atoms with Gasteiger partial charge in [0.2, 0.25) is 5.91 Å².